The first-order chi connectivity index (χ1) is 13.1. The normalized spacial score (nSPS) is 14.7. The van der Waals surface area contributed by atoms with E-state index in [1.54, 1.807) is 18.2 Å². The number of amides is 1. The van der Waals surface area contributed by atoms with Crippen LogP contribution in [0.3, 0.4) is 0 Å². The Hall–Kier alpha value is -1.71. The fourth-order valence-corrected chi connectivity index (χ4v) is 3.33. The Labute approximate surface area is 164 Å². The van der Waals surface area contributed by atoms with Crippen LogP contribution in [-0.2, 0) is 14.4 Å². The zero-order valence-electron chi connectivity index (χ0n) is 17.2. The minimum atomic E-state index is -0.573. The van der Waals surface area contributed by atoms with E-state index in [0.717, 1.165) is 38.5 Å². The van der Waals surface area contributed by atoms with Crippen molar-refractivity contribution >= 4 is 17.5 Å². The van der Waals surface area contributed by atoms with E-state index in [2.05, 4.69) is 19.2 Å². The van der Waals surface area contributed by atoms with Crippen molar-refractivity contribution in [1.29, 1.82) is 0 Å². The molecule has 1 atom stereocenters. The summed E-state index contributed by atoms with van der Waals surface area (Å²) in [5.74, 6) is -0.440. The van der Waals surface area contributed by atoms with E-state index in [1.807, 2.05) is 0 Å². The van der Waals surface area contributed by atoms with E-state index >= 15 is 0 Å². The van der Waals surface area contributed by atoms with Gasteiger partial charge in [0.05, 0.1) is 11.6 Å². The summed E-state index contributed by atoms with van der Waals surface area (Å²) < 4.78 is 0. The third-order valence-corrected chi connectivity index (χ3v) is 5.02. The van der Waals surface area contributed by atoms with E-state index in [-0.39, 0.29) is 29.5 Å². The molecule has 0 fully saturated rings. The number of hydrogen-bond donors (Lipinski definition) is 1. The van der Waals surface area contributed by atoms with Crippen molar-refractivity contribution in [2.45, 2.75) is 103 Å². The number of Topliss-reactive ketones (excluding diaryl/α,β-unsaturated/α-hetero) is 2. The van der Waals surface area contributed by atoms with Crippen molar-refractivity contribution in [2.24, 2.45) is 0 Å². The van der Waals surface area contributed by atoms with Gasteiger partial charge in [-0.25, -0.2) is 0 Å². The van der Waals surface area contributed by atoms with Gasteiger partial charge in [-0.15, -0.1) is 0 Å². The Morgan fingerprint density at radius 3 is 2.22 bits per heavy atom. The van der Waals surface area contributed by atoms with Gasteiger partial charge in [0, 0.05) is 12.8 Å². The molecule has 0 radical (unpaired) electrons. The Bertz CT molecular complexity index is 534. The zero-order valence-corrected chi connectivity index (χ0v) is 17.2. The van der Waals surface area contributed by atoms with Crippen LogP contribution in [0.25, 0.3) is 0 Å². The quantitative estimate of drug-likeness (QED) is 0.315. The van der Waals surface area contributed by atoms with Crippen LogP contribution in [0.15, 0.2) is 23.8 Å². The molecule has 1 amide bonds. The first-order valence-electron chi connectivity index (χ1n) is 10.8. The number of ketones is 2. The molecule has 0 bridgehead atoms. The van der Waals surface area contributed by atoms with Crippen LogP contribution >= 0.6 is 0 Å². The summed E-state index contributed by atoms with van der Waals surface area (Å²) in [6.07, 6.45) is 17.3. The number of carbonyl (C=O) groups is 3. The number of hydrogen-bond acceptors (Lipinski definition) is 3. The molecule has 0 aromatic carbocycles. The number of carbonyl (C=O) groups excluding carboxylic acids is 3. The lowest BCUT2D eigenvalue weighted by Gasteiger charge is -2.19. The summed E-state index contributed by atoms with van der Waals surface area (Å²) in [5.41, 5.74) is 0.235. The number of allylic oxidation sites excluding steroid dienone is 3. The van der Waals surface area contributed by atoms with Gasteiger partial charge in [-0.05, 0) is 18.9 Å². The second-order valence-electron chi connectivity index (χ2n) is 7.49. The van der Waals surface area contributed by atoms with E-state index < -0.39 is 6.04 Å². The number of nitrogens with one attached hydrogen (secondary N) is 1. The molecule has 0 aromatic heterocycles. The van der Waals surface area contributed by atoms with Gasteiger partial charge in [0.25, 0.3) is 0 Å². The highest BCUT2D eigenvalue weighted by Gasteiger charge is 2.27. The number of unbranched alkanes of at least 4 members (excludes halogenated alkanes) is 8. The molecule has 1 unspecified atom stereocenters. The van der Waals surface area contributed by atoms with Crippen LogP contribution in [0.1, 0.15) is 97.3 Å². The highest BCUT2D eigenvalue weighted by atomic mass is 16.2. The molecule has 1 rings (SSSR count). The second-order valence-corrected chi connectivity index (χ2v) is 7.49. The molecule has 0 spiro atoms. The van der Waals surface area contributed by atoms with Crippen molar-refractivity contribution in [1.82, 2.24) is 5.32 Å². The molecular formula is C23H37NO3. The molecule has 27 heavy (non-hydrogen) atoms. The molecule has 4 nitrogen and oxygen atoms in total. The van der Waals surface area contributed by atoms with Gasteiger partial charge in [0.1, 0.15) is 0 Å². The van der Waals surface area contributed by atoms with Crippen LogP contribution in [-0.4, -0.2) is 23.5 Å². The van der Waals surface area contributed by atoms with Crippen molar-refractivity contribution in [3.05, 3.63) is 23.8 Å². The van der Waals surface area contributed by atoms with Crippen molar-refractivity contribution in [3.63, 3.8) is 0 Å². The molecule has 0 aliphatic heterocycles. The maximum absolute atomic E-state index is 12.8. The maximum atomic E-state index is 12.8. The van der Waals surface area contributed by atoms with Crippen molar-refractivity contribution < 1.29 is 14.4 Å². The van der Waals surface area contributed by atoms with Gasteiger partial charge in [0.15, 0.2) is 11.6 Å². The predicted molar refractivity (Wildman–Crippen MR) is 111 cm³/mol. The highest BCUT2D eigenvalue weighted by molar-refractivity contribution is 6.23. The van der Waals surface area contributed by atoms with Gasteiger partial charge in [-0.2, -0.15) is 0 Å². The molecule has 1 aliphatic rings. The van der Waals surface area contributed by atoms with Crippen LogP contribution in [0.4, 0.5) is 0 Å². The van der Waals surface area contributed by atoms with Gasteiger partial charge in [-0.1, -0.05) is 83.8 Å². The van der Waals surface area contributed by atoms with Crippen molar-refractivity contribution in [2.75, 3.05) is 0 Å². The zero-order chi connectivity index (χ0) is 19.9. The fraction of sp³-hybridized carbons (Fsp3) is 0.696. The van der Waals surface area contributed by atoms with E-state index in [9.17, 15) is 14.4 Å². The minimum absolute atomic E-state index is 0.0715. The summed E-state index contributed by atoms with van der Waals surface area (Å²) in [4.78, 5) is 37.2. The molecule has 0 heterocycles. The second kappa shape index (κ2) is 14.4. The fourth-order valence-electron chi connectivity index (χ4n) is 3.33. The maximum Gasteiger partial charge on any atom is 0.220 e. The Morgan fingerprint density at radius 1 is 0.963 bits per heavy atom. The Balaban J connectivity index is 2.57. The Kier molecular flexibility index (Phi) is 12.4. The highest BCUT2D eigenvalue weighted by Crippen LogP contribution is 2.16. The summed E-state index contributed by atoms with van der Waals surface area (Å²) in [5, 5.41) is 2.91. The molecule has 0 saturated carbocycles. The van der Waals surface area contributed by atoms with Crippen LogP contribution < -0.4 is 5.32 Å². The lowest BCUT2D eigenvalue weighted by molar-refractivity contribution is -0.128. The average molecular weight is 376 g/mol. The van der Waals surface area contributed by atoms with Gasteiger partial charge in [0.2, 0.25) is 5.91 Å². The summed E-state index contributed by atoms with van der Waals surface area (Å²) in [6, 6.07) is -0.573. The van der Waals surface area contributed by atoms with E-state index in [0.29, 0.717) is 12.8 Å². The summed E-state index contributed by atoms with van der Waals surface area (Å²) >= 11 is 0. The Morgan fingerprint density at radius 2 is 1.59 bits per heavy atom. The molecule has 152 valence electrons. The molecule has 0 aromatic rings. The standard InChI is InChI=1S/C23H37NO3/c1-3-5-7-9-11-16-20(23(27)19-15-13-14-17-21(19)25)24-22(26)18-12-10-8-6-4-2/h13-15,20H,3-12,16-18H2,1-2H3,(H,24,26). The minimum Gasteiger partial charge on any atom is -0.346 e. The first kappa shape index (κ1) is 23.3. The van der Waals surface area contributed by atoms with E-state index in [4.69, 9.17) is 0 Å². The average Bonchev–Trinajstić information content (AvgIpc) is 2.66. The molecule has 0 saturated heterocycles. The monoisotopic (exact) mass is 375 g/mol. The molecular weight excluding hydrogens is 338 g/mol. The first-order valence-corrected chi connectivity index (χ1v) is 10.8. The molecule has 1 aliphatic carbocycles. The van der Waals surface area contributed by atoms with Gasteiger partial charge >= 0.3 is 0 Å². The SMILES string of the molecule is CCCCCCCC(=O)NC(CCCCCCC)C(=O)C1=CC=CCC1=O. The smallest absolute Gasteiger partial charge is 0.220 e. The van der Waals surface area contributed by atoms with Crippen LogP contribution in [0.5, 0.6) is 0 Å². The summed E-state index contributed by atoms with van der Waals surface area (Å²) in [6.45, 7) is 4.33. The van der Waals surface area contributed by atoms with Crippen molar-refractivity contribution in [3.8, 4) is 0 Å². The van der Waals surface area contributed by atoms with E-state index in [1.165, 1.54) is 25.7 Å². The largest absolute Gasteiger partial charge is 0.346 e. The lowest BCUT2D eigenvalue weighted by Crippen LogP contribution is -2.42. The third-order valence-electron chi connectivity index (χ3n) is 5.02. The topological polar surface area (TPSA) is 63.2 Å². The molecule has 4 heteroatoms. The third kappa shape index (κ3) is 9.69. The summed E-state index contributed by atoms with van der Waals surface area (Å²) in [7, 11) is 0. The van der Waals surface area contributed by atoms with Crippen LogP contribution in [0, 0.1) is 0 Å². The lowest BCUT2D eigenvalue weighted by atomic mass is 9.92. The van der Waals surface area contributed by atoms with Gasteiger partial charge < -0.3 is 5.32 Å². The predicted octanol–water partition coefficient (Wildman–Crippen LogP) is 5.22. The van der Waals surface area contributed by atoms with Gasteiger partial charge in [-0.3, -0.25) is 14.4 Å². The number of rotatable bonds is 15. The van der Waals surface area contributed by atoms with Crippen LogP contribution in [0.2, 0.25) is 0 Å². The molecule has 1 N–H and O–H groups in total.